The van der Waals surface area contributed by atoms with Gasteiger partial charge in [-0.3, -0.25) is 24.8 Å². The number of nitrogens with zero attached hydrogens (tertiary/aromatic N) is 3. The molecule has 1 aromatic carbocycles. The zero-order chi connectivity index (χ0) is 27.9. The van der Waals surface area contributed by atoms with Crippen LogP contribution in [0.4, 0.5) is 10.5 Å². The quantitative estimate of drug-likeness (QED) is 0.521. The third-order valence-electron chi connectivity index (χ3n) is 8.89. The summed E-state index contributed by atoms with van der Waals surface area (Å²) in [4.78, 5) is 43.1. The molecule has 3 aliphatic heterocycles. The highest BCUT2D eigenvalue weighted by molar-refractivity contribution is 7.92. The van der Waals surface area contributed by atoms with Crippen molar-refractivity contribution in [2.75, 3.05) is 18.0 Å². The average Bonchev–Trinajstić information content (AvgIpc) is 3.37. The first-order chi connectivity index (χ1) is 18.5. The molecule has 0 aromatic heterocycles. The number of amides is 4. The lowest BCUT2D eigenvalue weighted by molar-refractivity contribution is -0.125. The molecule has 1 aliphatic carbocycles. The van der Waals surface area contributed by atoms with Crippen molar-refractivity contribution in [3.8, 4) is 0 Å². The van der Waals surface area contributed by atoms with Gasteiger partial charge in [0.2, 0.25) is 10.0 Å². The van der Waals surface area contributed by atoms with Gasteiger partial charge in [-0.2, -0.15) is 4.31 Å². The van der Waals surface area contributed by atoms with Crippen LogP contribution in [0.15, 0.2) is 28.6 Å². The van der Waals surface area contributed by atoms with Gasteiger partial charge in [0.25, 0.3) is 11.8 Å². The predicted molar refractivity (Wildman–Crippen MR) is 149 cm³/mol. The number of carbonyl (C=O) groups is 3. The number of imide groups is 1. The van der Waals surface area contributed by atoms with Gasteiger partial charge in [0, 0.05) is 30.1 Å². The Hall–Kier alpha value is -3.05. The highest BCUT2D eigenvalue weighted by atomic mass is 32.2. The number of sulfonamides is 1. The van der Waals surface area contributed by atoms with E-state index in [1.807, 2.05) is 6.92 Å². The van der Waals surface area contributed by atoms with Crippen molar-refractivity contribution < 1.29 is 22.8 Å². The SMILES string of the molecule is CC[C@H]1CC[C@H](C2=NC3(CCN(S(=O)(=O)/C=C/c4ccc(N5C(=O)NC(=O)C5C)cc4C)CC3)C(=O)N2)CC1. The molecule has 1 unspecified atom stereocenters. The lowest BCUT2D eigenvalue weighted by atomic mass is 9.80. The van der Waals surface area contributed by atoms with E-state index in [-0.39, 0.29) is 24.9 Å². The van der Waals surface area contributed by atoms with E-state index in [4.69, 9.17) is 4.99 Å². The summed E-state index contributed by atoms with van der Waals surface area (Å²) in [5, 5.41) is 6.52. The van der Waals surface area contributed by atoms with Gasteiger partial charge < -0.3 is 5.32 Å². The second kappa shape index (κ2) is 10.5. The number of hydrogen-bond donors (Lipinski definition) is 2. The van der Waals surface area contributed by atoms with Gasteiger partial charge >= 0.3 is 6.03 Å². The number of anilines is 1. The van der Waals surface area contributed by atoms with Crippen molar-refractivity contribution in [1.29, 1.82) is 0 Å². The standard InChI is InChI=1S/C28H37N5O5S/c1-4-20-5-7-22(8-6-20)24-29-26(35)28(31-24)12-14-32(15-13-28)39(37,38)16-11-21-9-10-23(17-18(21)2)33-19(3)25(34)30-27(33)36/h9-11,16-17,19-20,22H,4-8,12-15H2,1-3H3,(H,29,31,35)(H,30,34,36)/b16-11+/t19?,20-,22-. The van der Waals surface area contributed by atoms with Gasteiger partial charge in [-0.05, 0) is 87.6 Å². The Labute approximate surface area is 230 Å². The molecule has 4 amide bonds. The number of carbonyl (C=O) groups excluding carboxylic acids is 3. The molecule has 3 fully saturated rings. The molecule has 1 saturated carbocycles. The number of aryl methyl sites for hydroxylation is 1. The molecule has 210 valence electrons. The van der Waals surface area contributed by atoms with Crippen LogP contribution in [0.1, 0.15) is 69.9 Å². The summed E-state index contributed by atoms with van der Waals surface area (Å²) < 4.78 is 27.7. The van der Waals surface area contributed by atoms with E-state index in [1.165, 1.54) is 21.0 Å². The lowest BCUT2D eigenvalue weighted by Gasteiger charge is -2.34. The first-order valence-electron chi connectivity index (χ1n) is 13.9. The first kappa shape index (κ1) is 27.5. The second-order valence-corrected chi connectivity index (χ2v) is 13.1. The summed E-state index contributed by atoms with van der Waals surface area (Å²) in [6, 6.07) is 4.10. The number of benzene rings is 1. The smallest absolute Gasteiger partial charge is 0.312 e. The topological polar surface area (TPSA) is 128 Å². The van der Waals surface area contributed by atoms with Gasteiger partial charge in [-0.25, -0.2) is 13.2 Å². The van der Waals surface area contributed by atoms with Crippen molar-refractivity contribution in [3.63, 3.8) is 0 Å². The molecule has 3 heterocycles. The number of aliphatic imine (C=N–C) groups is 1. The molecule has 1 aromatic rings. The summed E-state index contributed by atoms with van der Waals surface area (Å²) in [6.45, 7) is 6.16. The monoisotopic (exact) mass is 555 g/mol. The van der Waals surface area contributed by atoms with Crippen molar-refractivity contribution >= 4 is 45.5 Å². The minimum atomic E-state index is -3.70. The zero-order valence-electron chi connectivity index (χ0n) is 22.8. The van der Waals surface area contributed by atoms with Gasteiger partial charge in [-0.1, -0.05) is 19.4 Å². The van der Waals surface area contributed by atoms with Crippen LogP contribution in [-0.2, 0) is 19.6 Å². The fourth-order valence-corrected chi connectivity index (χ4v) is 7.36. The van der Waals surface area contributed by atoms with E-state index in [1.54, 1.807) is 31.2 Å². The largest absolute Gasteiger partial charge is 0.329 e. The van der Waals surface area contributed by atoms with E-state index in [9.17, 15) is 22.8 Å². The van der Waals surface area contributed by atoms with Gasteiger partial charge in [-0.15, -0.1) is 0 Å². The fraction of sp³-hybridized carbons (Fsp3) is 0.571. The van der Waals surface area contributed by atoms with Gasteiger partial charge in [0.15, 0.2) is 0 Å². The van der Waals surface area contributed by atoms with E-state index in [0.717, 1.165) is 43.0 Å². The fourth-order valence-electron chi connectivity index (χ4n) is 6.18. The Bertz CT molecular complexity index is 1340. The molecule has 4 aliphatic rings. The van der Waals surface area contributed by atoms with Crippen molar-refractivity contribution in [3.05, 3.63) is 34.7 Å². The summed E-state index contributed by atoms with van der Waals surface area (Å²) >= 11 is 0. The van der Waals surface area contributed by atoms with Crippen LogP contribution in [0.2, 0.25) is 0 Å². The van der Waals surface area contributed by atoms with Gasteiger partial charge in [0.1, 0.15) is 17.4 Å². The van der Waals surface area contributed by atoms with Crippen LogP contribution >= 0.6 is 0 Å². The van der Waals surface area contributed by atoms with Crippen LogP contribution in [0.5, 0.6) is 0 Å². The summed E-state index contributed by atoms with van der Waals surface area (Å²) in [5.74, 6) is 1.40. The summed E-state index contributed by atoms with van der Waals surface area (Å²) in [7, 11) is -3.70. The molecular weight excluding hydrogens is 518 g/mol. The number of nitrogens with one attached hydrogen (secondary N) is 2. The van der Waals surface area contributed by atoms with Crippen LogP contribution in [0.25, 0.3) is 6.08 Å². The van der Waals surface area contributed by atoms with E-state index < -0.39 is 27.6 Å². The predicted octanol–water partition coefficient (Wildman–Crippen LogP) is 3.32. The maximum absolute atomic E-state index is 13.1. The third kappa shape index (κ3) is 5.26. The molecular formula is C28H37N5O5S. The number of urea groups is 1. The number of hydrogen-bond acceptors (Lipinski definition) is 6. The van der Waals surface area contributed by atoms with Crippen molar-refractivity contribution in [2.45, 2.75) is 77.3 Å². The highest BCUT2D eigenvalue weighted by Crippen LogP contribution is 2.37. The molecule has 0 radical (unpaired) electrons. The molecule has 1 spiro atoms. The Morgan fingerprint density at radius 3 is 2.36 bits per heavy atom. The highest BCUT2D eigenvalue weighted by Gasteiger charge is 2.48. The van der Waals surface area contributed by atoms with Crippen molar-refractivity contribution in [1.82, 2.24) is 14.9 Å². The second-order valence-electron chi connectivity index (χ2n) is 11.2. The molecule has 39 heavy (non-hydrogen) atoms. The Kier molecular flexibility index (Phi) is 7.41. The molecule has 11 heteroatoms. The lowest BCUT2D eigenvalue weighted by Crippen LogP contribution is -2.50. The summed E-state index contributed by atoms with van der Waals surface area (Å²) in [5.41, 5.74) is 1.17. The minimum Gasteiger partial charge on any atom is -0.312 e. The Morgan fingerprint density at radius 1 is 1.08 bits per heavy atom. The van der Waals surface area contributed by atoms with E-state index >= 15 is 0 Å². The molecule has 1 atom stereocenters. The summed E-state index contributed by atoms with van der Waals surface area (Å²) in [6.07, 6.45) is 7.88. The van der Waals surface area contributed by atoms with Crippen LogP contribution in [-0.4, -0.2) is 61.1 Å². The molecule has 10 nitrogen and oxygen atoms in total. The van der Waals surface area contributed by atoms with Crippen LogP contribution in [0.3, 0.4) is 0 Å². The Morgan fingerprint density at radius 2 is 1.77 bits per heavy atom. The zero-order valence-corrected chi connectivity index (χ0v) is 23.6. The molecule has 0 bridgehead atoms. The van der Waals surface area contributed by atoms with Gasteiger partial charge in [0.05, 0.1) is 0 Å². The number of amidine groups is 1. The first-order valence-corrected chi connectivity index (χ1v) is 15.4. The average molecular weight is 556 g/mol. The molecule has 2 N–H and O–H groups in total. The van der Waals surface area contributed by atoms with E-state index in [0.29, 0.717) is 30.0 Å². The van der Waals surface area contributed by atoms with Crippen molar-refractivity contribution in [2.24, 2.45) is 16.8 Å². The van der Waals surface area contributed by atoms with Crippen LogP contribution < -0.4 is 15.5 Å². The molecule has 2 saturated heterocycles. The maximum Gasteiger partial charge on any atom is 0.329 e. The van der Waals surface area contributed by atoms with E-state index in [2.05, 4.69) is 17.6 Å². The third-order valence-corrected chi connectivity index (χ3v) is 10.5. The Balaban J connectivity index is 1.23. The maximum atomic E-state index is 13.1. The normalized spacial score (nSPS) is 27.8. The number of rotatable bonds is 6. The minimum absolute atomic E-state index is 0.0962. The van der Waals surface area contributed by atoms with Crippen LogP contribution in [0, 0.1) is 18.8 Å². The number of piperidine rings is 1. The molecule has 5 rings (SSSR count).